The third-order valence-corrected chi connectivity index (χ3v) is 4.68. The number of nitrogens with one attached hydrogen (secondary N) is 1. The zero-order valence-electron chi connectivity index (χ0n) is 14.6. The Morgan fingerprint density at radius 2 is 2.29 bits per heavy atom. The number of likely N-dealkylation sites (tertiary alicyclic amines) is 1. The van der Waals surface area contributed by atoms with Crippen molar-refractivity contribution in [3.63, 3.8) is 0 Å². The quantitative estimate of drug-likeness (QED) is 0.880. The van der Waals surface area contributed by atoms with Crippen molar-refractivity contribution in [1.82, 2.24) is 14.9 Å². The van der Waals surface area contributed by atoms with Crippen LogP contribution < -0.4 is 10.5 Å². The van der Waals surface area contributed by atoms with E-state index in [-0.39, 0.29) is 5.92 Å². The minimum Gasteiger partial charge on any atom is -0.408 e. The average Bonchev–Trinajstić information content (AvgIpc) is 3.13. The number of hydrogen-bond donors (Lipinski definition) is 2. The molecule has 1 fully saturated rings. The fourth-order valence-electron chi connectivity index (χ4n) is 3.52. The number of nitrogens with two attached hydrogens (primary N) is 1. The Balaban J connectivity index is 1.97. The third-order valence-electron chi connectivity index (χ3n) is 4.68. The second-order valence-electron chi connectivity index (χ2n) is 6.86. The second-order valence-corrected chi connectivity index (χ2v) is 6.86. The summed E-state index contributed by atoms with van der Waals surface area (Å²) in [5.41, 5.74) is 7.79. The average molecular weight is 330 g/mol. The van der Waals surface area contributed by atoms with Crippen molar-refractivity contribution >= 4 is 17.1 Å². The van der Waals surface area contributed by atoms with Gasteiger partial charge in [0.05, 0.1) is 5.52 Å². The molecular weight excluding hydrogens is 304 g/mol. The molecule has 1 atom stereocenters. The van der Waals surface area contributed by atoms with Crippen LogP contribution in [0.25, 0.3) is 11.0 Å². The van der Waals surface area contributed by atoms with Gasteiger partial charge in [0.2, 0.25) is 0 Å². The summed E-state index contributed by atoms with van der Waals surface area (Å²) in [6.07, 6.45) is 1.47. The molecule has 24 heavy (non-hydrogen) atoms. The van der Waals surface area contributed by atoms with E-state index in [0.29, 0.717) is 17.2 Å². The van der Waals surface area contributed by atoms with Crippen molar-refractivity contribution in [2.45, 2.75) is 45.4 Å². The SMILES string of the molecule is CCCN1CCC(c2nc3c(OC(N)=O)c(C(C)C)ccc3[nH]2)C1. The van der Waals surface area contributed by atoms with E-state index in [9.17, 15) is 4.79 Å². The van der Waals surface area contributed by atoms with Crippen molar-refractivity contribution < 1.29 is 9.53 Å². The van der Waals surface area contributed by atoms with Crippen molar-refractivity contribution in [1.29, 1.82) is 0 Å². The van der Waals surface area contributed by atoms with Gasteiger partial charge in [-0.15, -0.1) is 0 Å². The predicted molar refractivity (Wildman–Crippen MR) is 94.5 cm³/mol. The maximum absolute atomic E-state index is 11.3. The van der Waals surface area contributed by atoms with Gasteiger partial charge in [-0.1, -0.05) is 26.8 Å². The van der Waals surface area contributed by atoms with Gasteiger partial charge in [-0.25, -0.2) is 9.78 Å². The standard InChI is InChI=1S/C18H26N4O2/c1-4-8-22-9-7-12(10-22)17-20-14-6-5-13(11(2)3)16(15(14)21-17)24-18(19)23/h5-6,11-12H,4,7-10H2,1-3H3,(H2,19,23)(H,20,21). The molecule has 1 aromatic heterocycles. The molecule has 0 bridgehead atoms. The molecular formula is C18H26N4O2. The lowest BCUT2D eigenvalue weighted by Gasteiger charge is -2.13. The molecule has 3 rings (SSSR count). The first-order valence-electron chi connectivity index (χ1n) is 8.71. The Labute approximate surface area is 142 Å². The van der Waals surface area contributed by atoms with E-state index in [1.54, 1.807) is 0 Å². The van der Waals surface area contributed by atoms with E-state index >= 15 is 0 Å². The van der Waals surface area contributed by atoms with Gasteiger partial charge < -0.3 is 20.4 Å². The summed E-state index contributed by atoms with van der Waals surface area (Å²) in [4.78, 5) is 22.0. The van der Waals surface area contributed by atoms with Gasteiger partial charge in [0.15, 0.2) is 5.75 Å². The summed E-state index contributed by atoms with van der Waals surface area (Å²) < 4.78 is 5.30. The first kappa shape index (κ1) is 16.8. The number of ether oxygens (including phenoxy) is 1. The number of imidazole rings is 1. The first-order chi connectivity index (χ1) is 11.5. The highest BCUT2D eigenvalue weighted by molar-refractivity contribution is 5.86. The molecule has 0 aliphatic carbocycles. The molecule has 130 valence electrons. The summed E-state index contributed by atoms with van der Waals surface area (Å²) in [6.45, 7) is 9.58. The number of benzene rings is 1. The molecule has 1 saturated heterocycles. The minimum atomic E-state index is -0.802. The van der Waals surface area contributed by atoms with Gasteiger partial charge >= 0.3 is 6.09 Å². The Morgan fingerprint density at radius 3 is 2.96 bits per heavy atom. The predicted octanol–water partition coefficient (Wildman–Crippen LogP) is 3.34. The summed E-state index contributed by atoms with van der Waals surface area (Å²) in [5.74, 6) is 2.07. The highest BCUT2D eigenvalue weighted by Gasteiger charge is 2.27. The van der Waals surface area contributed by atoms with Crippen LogP contribution in [0.1, 0.15) is 56.8 Å². The monoisotopic (exact) mass is 330 g/mol. The van der Waals surface area contributed by atoms with E-state index in [1.165, 1.54) is 6.42 Å². The van der Waals surface area contributed by atoms with Gasteiger partial charge in [0, 0.05) is 12.5 Å². The maximum atomic E-state index is 11.3. The minimum absolute atomic E-state index is 0.218. The van der Waals surface area contributed by atoms with Gasteiger partial charge in [0.1, 0.15) is 11.3 Å². The number of H-pyrrole nitrogens is 1. The van der Waals surface area contributed by atoms with Gasteiger partial charge in [-0.3, -0.25) is 0 Å². The number of fused-ring (bicyclic) bond motifs is 1. The highest BCUT2D eigenvalue weighted by atomic mass is 16.5. The van der Waals surface area contributed by atoms with Crippen LogP contribution in [0.2, 0.25) is 0 Å². The zero-order chi connectivity index (χ0) is 17.3. The number of hydrogen-bond acceptors (Lipinski definition) is 4. The zero-order valence-corrected chi connectivity index (χ0v) is 14.6. The number of carbonyl (C=O) groups excluding carboxylic acids is 1. The van der Waals surface area contributed by atoms with Crippen molar-refractivity contribution in [2.75, 3.05) is 19.6 Å². The molecule has 1 aromatic carbocycles. The van der Waals surface area contributed by atoms with Gasteiger partial charge in [0.25, 0.3) is 0 Å². The van der Waals surface area contributed by atoms with Crippen LogP contribution in [0.5, 0.6) is 5.75 Å². The molecule has 0 radical (unpaired) electrons. The highest BCUT2D eigenvalue weighted by Crippen LogP contribution is 2.35. The van der Waals surface area contributed by atoms with E-state index in [1.807, 2.05) is 12.1 Å². The normalized spacial score (nSPS) is 18.6. The van der Waals surface area contributed by atoms with Crippen LogP contribution in [-0.2, 0) is 0 Å². The van der Waals surface area contributed by atoms with Crippen molar-refractivity contribution in [3.8, 4) is 5.75 Å². The first-order valence-corrected chi connectivity index (χ1v) is 8.71. The molecule has 1 aliphatic rings. The fourth-order valence-corrected chi connectivity index (χ4v) is 3.52. The van der Waals surface area contributed by atoms with Crippen LogP contribution in [0, 0.1) is 0 Å². The number of rotatable bonds is 5. The van der Waals surface area contributed by atoms with Crippen LogP contribution in [0.15, 0.2) is 12.1 Å². The number of primary amides is 1. The molecule has 3 N–H and O–H groups in total. The topological polar surface area (TPSA) is 84.2 Å². The lowest BCUT2D eigenvalue weighted by molar-refractivity contribution is 0.211. The third kappa shape index (κ3) is 3.24. The van der Waals surface area contributed by atoms with Gasteiger partial charge in [-0.2, -0.15) is 0 Å². The number of nitrogens with zero attached hydrogens (tertiary/aromatic N) is 2. The summed E-state index contributed by atoms with van der Waals surface area (Å²) in [7, 11) is 0. The van der Waals surface area contributed by atoms with Crippen molar-refractivity contribution in [2.24, 2.45) is 5.73 Å². The van der Waals surface area contributed by atoms with Crippen molar-refractivity contribution in [3.05, 3.63) is 23.5 Å². The molecule has 2 aromatic rings. The van der Waals surface area contributed by atoms with E-state index in [2.05, 4.69) is 30.7 Å². The molecule has 2 heterocycles. The van der Waals surface area contributed by atoms with Crippen LogP contribution in [-0.4, -0.2) is 40.6 Å². The molecule has 0 spiro atoms. The number of aromatic nitrogens is 2. The van der Waals surface area contributed by atoms with E-state index in [4.69, 9.17) is 15.5 Å². The molecule has 1 amide bonds. The fraction of sp³-hybridized carbons (Fsp3) is 0.556. The largest absolute Gasteiger partial charge is 0.410 e. The summed E-state index contributed by atoms with van der Waals surface area (Å²) in [6, 6.07) is 3.99. The summed E-state index contributed by atoms with van der Waals surface area (Å²) >= 11 is 0. The number of carbonyl (C=O) groups is 1. The smallest absolute Gasteiger partial charge is 0.408 e. The molecule has 6 nitrogen and oxygen atoms in total. The Hall–Kier alpha value is -2.08. The summed E-state index contributed by atoms with van der Waals surface area (Å²) in [5, 5.41) is 0. The number of aromatic amines is 1. The molecule has 6 heteroatoms. The maximum Gasteiger partial charge on any atom is 0.410 e. The molecule has 0 saturated carbocycles. The van der Waals surface area contributed by atoms with Gasteiger partial charge in [-0.05, 0) is 43.5 Å². The Kier molecular flexibility index (Phi) is 4.76. The number of amides is 1. The molecule has 1 aliphatic heterocycles. The van der Waals surface area contributed by atoms with E-state index < -0.39 is 6.09 Å². The van der Waals surface area contributed by atoms with Crippen LogP contribution >= 0.6 is 0 Å². The molecule has 1 unspecified atom stereocenters. The second kappa shape index (κ2) is 6.81. The Morgan fingerprint density at radius 1 is 1.50 bits per heavy atom. The Bertz CT molecular complexity index is 738. The van der Waals surface area contributed by atoms with Crippen LogP contribution in [0.4, 0.5) is 4.79 Å². The lowest BCUT2D eigenvalue weighted by Crippen LogP contribution is -2.21. The van der Waals surface area contributed by atoms with Crippen LogP contribution in [0.3, 0.4) is 0 Å². The lowest BCUT2D eigenvalue weighted by atomic mass is 10.0. The van der Waals surface area contributed by atoms with E-state index in [0.717, 1.165) is 43.0 Å².